The van der Waals surface area contributed by atoms with E-state index < -0.39 is 0 Å². The van der Waals surface area contributed by atoms with Gasteiger partial charge in [-0.25, -0.2) is 0 Å². The molecule has 0 aliphatic rings. The molecule has 1 N–H and O–H groups in total. The van der Waals surface area contributed by atoms with Crippen LogP contribution in [0.5, 0.6) is 5.75 Å². The second-order valence-corrected chi connectivity index (χ2v) is 6.07. The Kier molecular flexibility index (Phi) is 6.12. The summed E-state index contributed by atoms with van der Waals surface area (Å²) in [7, 11) is 0. The fourth-order valence-corrected chi connectivity index (χ4v) is 2.88. The molecule has 2 aromatic rings. The van der Waals surface area contributed by atoms with E-state index in [2.05, 4.69) is 17.5 Å². The van der Waals surface area contributed by atoms with Crippen LogP contribution in [-0.4, -0.2) is 13.2 Å². The van der Waals surface area contributed by atoms with Gasteiger partial charge >= 0.3 is 0 Å². The Balaban J connectivity index is 1.73. The Morgan fingerprint density at radius 3 is 2.85 bits per heavy atom. The molecular weight excluding hydrogens is 290 g/mol. The van der Waals surface area contributed by atoms with Crippen molar-refractivity contribution < 1.29 is 4.74 Å². The molecule has 0 unspecified atom stereocenters. The minimum absolute atomic E-state index is 0.647. The van der Waals surface area contributed by atoms with Crippen molar-refractivity contribution in [3.05, 3.63) is 57.3 Å². The van der Waals surface area contributed by atoms with Crippen molar-refractivity contribution in [2.24, 2.45) is 0 Å². The predicted octanol–water partition coefficient (Wildman–Crippen LogP) is 4.60. The number of halogens is 1. The summed E-state index contributed by atoms with van der Waals surface area (Å²) >= 11 is 7.49. The standard InChI is InChI=1S/C16H18ClNOS/c1-2-5-13-6-3-4-7-15(13)19-11-10-18-12-14-8-9-16(17)20-14/h2-9,18H,10-12H2,1H3. The van der Waals surface area contributed by atoms with E-state index in [9.17, 15) is 0 Å². The van der Waals surface area contributed by atoms with Crippen LogP contribution in [0.25, 0.3) is 6.08 Å². The highest BCUT2D eigenvalue weighted by Gasteiger charge is 2.00. The zero-order valence-corrected chi connectivity index (χ0v) is 13.0. The lowest BCUT2D eigenvalue weighted by Crippen LogP contribution is -2.20. The van der Waals surface area contributed by atoms with Crippen LogP contribution in [-0.2, 0) is 6.54 Å². The van der Waals surface area contributed by atoms with Crippen molar-refractivity contribution in [3.63, 3.8) is 0 Å². The number of para-hydroxylation sites is 1. The van der Waals surface area contributed by atoms with Crippen LogP contribution >= 0.6 is 22.9 Å². The molecule has 0 saturated carbocycles. The molecule has 0 radical (unpaired) electrons. The first kappa shape index (κ1) is 15.1. The van der Waals surface area contributed by atoms with Gasteiger partial charge in [-0.2, -0.15) is 0 Å². The maximum Gasteiger partial charge on any atom is 0.126 e. The third-order valence-corrected chi connectivity index (χ3v) is 3.96. The fraction of sp³-hybridized carbons (Fsp3) is 0.250. The van der Waals surface area contributed by atoms with E-state index in [1.807, 2.05) is 43.3 Å². The molecule has 0 aliphatic carbocycles. The zero-order chi connectivity index (χ0) is 14.2. The van der Waals surface area contributed by atoms with Crippen LogP contribution < -0.4 is 10.1 Å². The summed E-state index contributed by atoms with van der Waals surface area (Å²) in [5.41, 5.74) is 1.11. The van der Waals surface area contributed by atoms with Crippen molar-refractivity contribution in [2.45, 2.75) is 13.5 Å². The molecule has 2 rings (SSSR count). The topological polar surface area (TPSA) is 21.3 Å². The predicted molar refractivity (Wildman–Crippen MR) is 87.7 cm³/mol. The number of hydrogen-bond acceptors (Lipinski definition) is 3. The minimum Gasteiger partial charge on any atom is -0.492 e. The highest BCUT2D eigenvalue weighted by atomic mass is 35.5. The van der Waals surface area contributed by atoms with Crippen molar-refractivity contribution >= 4 is 29.0 Å². The second kappa shape index (κ2) is 8.10. The Hall–Kier alpha value is -1.29. The summed E-state index contributed by atoms with van der Waals surface area (Å²) in [4.78, 5) is 1.24. The average molecular weight is 308 g/mol. The van der Waals surface area contributed by atoms with Gasteiger partial charge in [-0.05, 0) is 25.1 Å². The number of allylic oxidation sites excluding steroid dienone is 1. The first-order valence-electron chi connectivity index (χ1n) is 6.59. The van der Waals surface area contributed by atoms with Crippen LogP contribution in [0, 0.1) is 0 Å². The molecule has 2 nitrogen and oxygen atoms in total. The van der Waals surface area contributed by atoms with Gasteiger partial charge in [-0.15, -0.1) is 11.3 Å². The molecule has 1 heterocycles. The third-order valence-electron chi connectivity index (χ3n) is 2.73. The van der Waals surface area contributed by atoms with Gasteiger partial charge in [-0.3, -0.25) is 0 Å². The molecule has 0 fully saturated rings. The SMILES string of the molecule is CC=Cc1ccccc1OCCNCc1ccc(Cl)s1. The van der Waals surface area contributed by atoms with Gasteiger partial charge in [0.25, 0.3) is 0 Å². The van der Waals surface area contributed by atoms with E-state index in [-0.39, 0.29) is 0 Å². The number of hydrogen-bond donors (Lipinski definition) is 1. The molecule has 106 valence electrons. The van der Waals surface area contributed by atoms with Crippen LogP contribution in [0.4, 0.5) is 0 Å². The largest absolute Gasteiger partial charge is 0.492 e. The molecule has 1 aromatic heterocycles. The highest BCUT2D eigenvalue weighted by Crippen LogP contribution is 2.21. The van der Waals surface area contributed by atoms with Gasteiger partial charge in [0.1, 0.15) is 12.4 Å². The summed E-state index contributed by atoms with van der Waals surface area (Å²) in [6, 6.07) is 12.0. The average Bonchev–Trinajstić information content (AvgIpc) is 2.86. The summed E-state index contributed by atoms with van der Waals surface area (Å²) < 4.78 is 6.63. The van der Waals surface area contributed by atoms with Crippen molar-refractivity contribution in [3.8, 4) is 5.75 Å². The lowest BCUT2D eigenvalue weighted by molar-refractivity contribution is 0.313. The van der Waals surface area contributed by atoms with Crippen LogP contribution in [0.2, 0.25) is 4.34 Å². The molecule has 20 heavy (non-hydrogen) atoms. The smallest absolute Gasteiger partial charge is 0.126 e. The molecular formula is C16H18ClNOS. The highest BCUT2D eigenvalue weighted by molar-refractivity contribution is 7.16. The van der Waals surface area contributed by atoms with Gasteiger partial charge in [0.15, 0.2) is 0 Å². The number of thiophene rings is 1. The Morgan fingerprint density at radius 1 is 1.25 bits per heavy atom. The van der Waals surface area contributed by atoms with Crippen molar-refractivity contribution in [2.75, 3.05) is 13.2 Å². The number of ether oxygens (including phenoxy) is 1. The molecule has 4 heteroatoms. The lowest BCUT2D eigenvalue weighted by Gasteiger charge is -2.09. The second-order valence-electron chi connectivity index (χ2n) is 4.27. The third kappa shape index (κ3) is 4.67. The van der Waals surface area contributed by atoms with E-state index in [1.54, 1.807) is 11.3 Å². The van der Waals surface area contributed by atoms with Crippen LogP contribution in [0.15, 0.2) is 42.5 Å². The van der Waals surface area contributed by atoms with E-state index in [0.717, 1.165) is 28.7 Å². The quantitative estimate of drug-likeness (QED) is 0.755. The Bertz CT molecular complexity index is 565. The van der Waals surface area contributed by atoms with Gasteiger partial charge in [-0.1, -0.05) is 42.0 Å². The number of benzene rings is 1. The van der Waals surface area contributed by atoms with Gasteiger partial charge in [0.05, 0.1) is 4.34 Å². The normalized spacial score (nSPS) is 11.1. The molecule has 0 spiro atoms. The van der Waals surface area contributed by atoms with E-state index in [1.165, 1.54) is 4.88 Å². The van der Waals surface area contributed by atoms with E-state index in [4.69, 9.17) is 16.3 Å². The molecule has 0 atom stereocenters. The van der Waals surface area contributed by atoms with Gasteiger partial charge < -0.3 is 10.1 Å². The lowest BCUT2D eigenvalue weighted by atomic mass is 10.2. The monoisotopic (exact) mass is 307 g/mol. The van der Waals surface area contributed by atoms with E-state index >= 15 is 0 Å². The van der Waals surface area contributed by atoms with E-state index in [0.29, 0.717) is 6.61 Å². The fourth-order valence-electron chi connectivity index (χ4n) is 1.82. The molecule has 0 saturated heterocycles. The van der Waals surface area contributed by atoms with Crippen molar-refractivity contribution in [1.29, 1.82) is 0 Å². The summed E-state index contributed by atoms with van der Waals surface area (Å²) in [6.45, 7) is 4.29. The maximum atomic E-state index is 5.89. The summed E-state index contributed by atoms with van der Waals surface area (Å²) in [6.07, 6.45) is 4.07. The van der Waals surface area contributed by atoms with Crippen LogP contribution in [0.3, 0.4) is 0 Å². The van der Waals surface area contributed by atoms with Gasteiger partial charge in [0, 0.05) is 23.5 Å². The number of rotatable bonds is 7. The number of nitrogens with one attached hydrogen (secondary N) is 1. The Morgan fingerprint density at radius 2 is 2.10 bits per heavy atom. The summed E-state index contributed by atoms with van der Waals surface area (Å²) in [5, 5.41) is 3.35. The zero-order valence-electron chi connectivity index (χ0n) is 11.4. The molecule has 0 aliphatic heterocycles. The Labute approximate surface area is 129 Å². The molecule has 1 aromatic carbocycles. The van der Waals surface area contributed by atoms with Crippen molar-refractivity contribution in [1.82, 2.24) is 5.32 Å². The summed E-state index contributed by atoms with van der Waals surface area (Å²) in [5.74, 6) is 0.923. The van der Waals surface area contributed by atoms with Crippen LogP contribution in [0.1, 0.15) is 17.4 Å². The van der Waals surface area contributed by atoms with Gasteiger partial charge in [0.2, 0.25) is 0 Å². The first-order valence-corrected chi connectivity index (χ1v) is 7.78. The minimum atomic E-state index is 0.647. The molecule has 0 amide bonds. The maximum absolute atomic E-state index is 5.89. The first-order chi connectivity index (χ1) is 9.79. The molecule has 0 bridgehead atoms.